The van der Waals surface area contributed by atoms with Gasteiger partial charge in [-0.05, 0) is 31.6 Å². The molecule has 2 atom stereocenters. The van der Waals surface area contributed by atoms with Gasteiger partial charge < -0.3 is 15.3 Å². The Kier molecular flexibility index (Phi) is 4.83. The molecule has 1 amide bonds. The summed E-state index contributed by atoms with van der Waals surface area (Å²) in [5, 5.41) is 16.5. The molecule has 2 aliphatic rings. The predicted octanol–water partition coefficient (Wildman–Crippen LogP) is 1.30. The smallest absolute Gasteiger partial charge is 0.304 e. The average Bonchev–Trinajstić information content (AvgIpc) is 3.25. The number of carbonyl (C=O) groups is 2. The monoisotopic (exact) mass is 354 g/mol. The third-order valence-corrected chi connectivity index (χ3v) is 5.56. The Bertz CT molecular complexity index is 656. The number of carboxylic acids is 1. The van der Waals surface area contributed by atoms with E-state index in [4.69, 9.17) is 16.7 Å². The van der Waals surface area contributed by atoms with Crippen LogP contribution in [0, 0.1) is 18.8 Å². The van der Waals surface area contributed by atoms with Crippen LogP contribution in [0.2, 0.25) is 5.02 Å². The number of rotatable bonds is 6. The number of aliphatic carboxylic acids is 1. The summed E-state index contributed by atoms with van der Waals surface area (Å²) in [6.07, 6.45) is 2.50. The molecule has 7 nitrogen and oxygen atoms in total. The quantitative estimate of drug-likeness (QED) is 0.804. The molecule has 8 heteroatoms. The molecule has 24 heavy (non-hydrogen) atoms. The molecule has 3 rings (SSSR count). The number of nitrogens with one attached hydrogen (secondary N) is 1. The van der Waals surface area contributed by atoms with Crippen molar-refractivity contribution in [3.8, 4) is 0 Å². The molecule has 1 saturated carbocycles. The predicted molar refractivity (Wildman–Crippen MR) is 89.1 cm³/mol. The van der Waals surface area contributed by atoms with Gasteiger partial charge in [-0.2, -0.15) is 5.10 Å². The Morgan fingerprint density at radius 3 is 2.62 bits per heavy atom. The Morgan fingerprint density at radius 1 is 1.38 bits per heavy atom. The van der Waals surface area contributed by atoms with Crippen LogP contribution >= 0.6 is 11.6 Å². The Labute approximate surface area is 146 Å². The first kappa shape index (κ1) is 17.2. The first-order chi connectivity index (χ1) is 11.4. The second-order valence-electron chi connectivity index (χ2n) is 6.86. The van der Waals surface area contributed by atoms with Crippen LogP contribution in [0.3, 0.4) is 0 Å². The molecule has 0 aromatic carbocycles. The van der Waals surface area contributed by atoms with E-state index in [-0.39, 0.29) is 24.1 Å². The van der Waals surface area contributed by atoms with Crippen LogP contribution in [0.5, 0.6) is 0 Å². The van der Waals surface area contributed by atoms with Gasteiger partial charge in [0.25, 0.3) is 5.91 Å². The maximum absolute atomic E-state index is 12.6. The number of nitrogens with zero attached hydrogens (tertiary/aromatic N) is 3. The molecule has 0 radical (unpaired) electrons. The highest BCUT2D eigenvalue weighted by Crippen LogP contribution is 2.41. The minimum Gasteiger partial charge on any atom is -0.481 e. The van der Waals surface area contributed by atoms with Crippen molar-refractivity contribution >= 4 is 23.5 Å². The van der Waals surface area contributed by atoms with Crippen molar-refractivity contribution < 1.29 is 14.7 Å². The van der Waals surface area contributed by atoms with Gasteiger partial charge in [-0.25, -0.2) is 0 Å². The number of aromatic nitrogens is 2. The van der Waals surface area contributed by atoms with Gasteiger partial charge >= 0.3 is 5.97 Å². The van der Waals surface area contributed by atoms with E-state index in [0.29, 0.717) is 29.9 Å². The van der Waals surface area contributed by atoms with Crippen LogP contribution in [0.15, 0.2) is 0 Å². The standard InChI is InChI=1S/C16H23ClN4O3/c1-9-14(17)15(19-20(9)2)16(24)18-12-8-21(6-5-13(22)23)7-11(12)10-3-4-10/h10-12H,3-8H2,1-2H3,(H,18,24)(H,22,23)/t11-,12+/m1/s1. The van der Waals surface area contributed by atoms with Gasteiger partial charge in [-0.1, -0.05) is 11.6 Å². The third kappa shape index (κ3) is 3.57. The summed E-state index contributed by atoms with van der Waals surface area (Å²) in [5.74, 6) is -0.0296. The maximum Gasteiger partial charge on any atom is 0.304 e. The Hall–Kier alpha value is -1.60. The number of hydrogen-bond donors (Lipinski definition) is 2. The number of amides is 1. The van der Waals surface area contributed by atoms with Gasteiger partial charge in [0.05, 0.1) is 17.1 Å². The topological polar surface area (TPSA) is 87.5 Å². The van der Waals surface area contributed by atoms with Crippen LogP contribution < -0.4 is 5.32 Å². The van der Waals surface area contributed by atoms with Crippen molar-refractivity contribution in [2.24, 2.45) is 18.9 Å². The third-order valence-electron chi connectivity index (χ3n) is 5.10. The molecule has 132 valence electrons. The highest BCUT2D eigenvalue weighted by molar-refractivity contribution is 6.34. The molecule has 1 aliphatic carbocycles. The van der Waals surface area contributed by atoms with E-state index in [1.165, 1.54) is 12.8 Å². The lowest BCUT2D eigenvalue weighted by atomic mass is 9.98. The van der Waals surface area contributed by atoms with E-state index in [0.717, 1.165) is 12.2 Å². The van der Waals surface area contributed by atoms with Crippen LogP contribution in [0.1, 0.15) is 35.4 Å². The van der Waals surface area contributed by atoms with Gasteiger partial charge in [-0.3, -0.25) is 14.3 Å². The van der Waals surface area contributed by atoms with Crippen molar-refractivity contribution in [3.05, 3.63) is 16.4 Å². The van der Waals surface area contributed by atoms with Crippen molar-refractivity contribution in [2.75, 3.05) is 19.6 Å². The van der Waals surface area contributed by atoms with Crippen molar-refractivity contribution in [2.45, 2.75) is 32.2 Å². The lowest BCUT2D eigenvalue weighted by Gasteiger charge is -2.19. The van der Waals surface area contributed by atoms with E-state index < -0.39 is 5.97 Å². The molecule has 1 aliphatic heterocycles. The molecular weight excluding hydrogens is 332 g/mol. The molecule has 0 spiro atoms. The van der Waals surface area contributed by atoms with Gasteiger partial charge in [-0.15, -0.1) is 0 Å². The summed E-state index contributed by atoms with van der Waals surface area (Å²) in [5.41, 5.74) is 1.02. The summed E-state index contributed by atoms with van der Waals surface area (Å²) in [4.78, 5) is 25.5. The molecule has 0 unspecified atom stereocenters. The first-order valence-corrected chi connectivity index (χ1v) is 8.68. The van der Waals surface area contributed by atoms with E-state index in [9.17, 15) is 9.59 Å². The van der Waals surface area contributed by atoms with Crippen LogP contribution in [0.4, 0.5) is 0 Å². The molecule has 1 aromatic heterocycles. The fourth-order valence-electron chi connectivity index (χ4n) is 3.47. The number of halogens is 1. The van der Waals surface area contributed by atoms with E-state index in [2.05, 4.69) is 15.3 Å². The Morgan fingerprint density at radius 2 is 2.08 bits per heavy atom. The Balaban J connectivity index is 1.66. The lowest BCUT2D eigenvalue weighted by molar-refractivity contribution is -0.137. The van der Waals surface area contributed by atoms with Crippen LogP contribution in [-0.2, 0) is 11.8 Å². The van der Waals surface area contributed by atoms with Gasteiger partial charge in [0.2, 0.25) is 0 Å². The summed E-state index contributed by atoms with van der Waals surface area (Å²) in [6.45, 7) is 3.87. The zero-order valence-electron chi connectivity index (χ0n) is 14.0. The summed E-state index contributed by atoms with van der Waals surface area (Å²) >= 11 is 6.20. The maximum atomic E-state index is 12.6. The zero-order valence-corrected chi connectivity index (χ0v) is 14.7. The molecular formula is C16H23ClN4O3. The highest BCUT2D eigenvalue weighted by Gasteiger charge is 2.43. The molecule has 2 heterocycles. The summed E-state index contributed by atoms with van der Waals surface area (Å²) in [6, 6.07) is 0.0252. The summed E-state index contributed by atoms with van der Waals surface area (Å²) < 4.78 is 1.60. The normalized spacial score (nSPS) is 24.3. The van der Waals surface area contributed by atoms with Crippen molar-refractivity contribution in [3.63, 3.8) is 0 Å². The largest absolute Gasteiger partial charge is 0.481 e. The fraction of sp³-hybridized carbons (Fsp3) is 0.688. The van der Waals surface area contributed by atoms with E-state index >= 15 is 0 Å². The van der Waals surface area contributed by atoms with E-state index in [1.54, 1.807) is 11.7 Å². The van der Waals surface area contributed by atoms with Gasteiger partial charge in [0.1, 0.15) is 0 Å². The minimum absolute atomic E-state index is 0.0252. The van der Waals surface area contributed by atoms with Crippen LogP contribution in [-0.4, -0.2) is 57.3 Å². The van der Waals surface area contributed by atoms with Gasteiger partial charge in [0, 0.05) is 32.7 Å². The number of carboxylic acid groups (broad SMARTS) is 1. The number of likely N-dealkylation sites (tertiary alicyclic amines) is 1. The fourth-order valence-corrected chi connectivity index (χ4v) is 3.71. The summed E-state index contributed by atoms with van der Waals surface area (Å²) in [7, 11) is 1.76. The first-order valence-electron chi connectivity index (χ1n) is 8.31. The average molecular weight is 355 g/mol. The second kappa shape index (κ2) is 6.72. The van der Waals surface area contributed by atoms with Crippen molar-refractivity contribution in [1.82, 2.24) is 20.0 Å². The van der Waals surface area contributed by atoms with Crippen molar-refractivity contribution in [1.29, 1.82) is 0 Å². The molecule has 0 bridgehead atoms. The van der Waals surface area contributed by atoms with Gasteiger partial charge in [0.15, 0.2) is 5.69 Å². The number of carbonyl (C=O) groups excluding carboxylic acids is 1. The lowest BCUT2D eigenvalue weighted by Crippen LogP contribution is -2.41. The number of hydrogen-bond acceptors (Lipinski definition) is 4. The molecule has 2 N–H and O–H groups in total. The van der Waals surface area contributed by atoms with E-state index in [1.807, 2.05) is 6.92 Å². The number of aryl methyl sites for hydroxylation is 1. The minimum atomic E-state index is -0.791. The highest BCUT2D eigenvalue weighted by atomic mass is 35.5. The zero-order chi connectivity index (χ0) is 17.4. The van der Waals surface area contributed by atoms with Crippen LogP contribution in [0.25, 0.3) is 0 Å². The SMILES string of the molecule is Cc1c(Cl)c(C(=O)N[C@H]2CN(CCC(=O)O)C[C@@H]2C2CC2)nn1C. The molecule has 2 fully saturated rings. The molecule has 1 aromatic rings. The second-order valence-corrected chi connectivity index (χ2v) is 7.23. The molecule has 1 saturated heterocycles.